The number of carboxylic acids is 1. The molecule has 2 nitrogen and oxygen atoms in total. The average Bonchev–Trinajstić information content (AvgIpc) is 2.99. The first-order chi connectivity index (χ1) is 7.18. The van der Waals surface area contributed by atoms with Gasteiger partial charge in [0, 0.05) is 0 Å². The fourth-order valence-corrected chi connectivity index (χ4v) is 2.03. The SMILES string of the molecule is Cc1ccccc1C(CC1CC1)C(=O)O. The highest BCUT2D eigenvalue weighted by Crippen LogP contribution is 2.39. The second-order valence-electron chi connectivity index (χ2n) is 4.43. The Kier molecular flexibility index (Phi) is 2.76. The molecular formula is C13H16O2. The predicted molar refractivity (Wildman–Crippen MR) is 58.9 cm³/mol. The van der Waals surface area contributed by atoms with Crippen LogP contribution < -0.4 is 0 Å². The highest BCUT2D eigenvalue weighted by Gasteiger charge is 2.30. The van der Waals surface area contributed by atoms with Gasteiger partial charge in [-0.1, -0.05) is 37.1 Å². The lowest BCUT2D eigenvalue weighted by Gasteiger charge is -2.14. The van der Waals surface area contributed by atoms with Crippen LogP contribution in [0.25, 0.3) is 0 Å². The molecule has 1 unspecified atom stereocenters. The van der Waals surface area contributed by atoms with Crippen LogP contribution in [0.4, 0.5) is 0 Å². The van der Waals surface area contributed by atoms with Gasteiger partial charge in [0.15, 0.2) is 0 Å². The van der Waals surface area contributed by atoms with E-state index in [4.69, 9.17) is 0 Å². The molecule has 1 aromatic carbocycles. The predicted octanol–water partition coefficient (Wildman–Crippen LogP) is 2.96. The smallest absolute Gasteiger partial charge is 0.310 e. The Bertz CT molecular complexity index is 367. The first-order valence-electron chi connectivity index (χ1n) is 5.47. The lowest BCUT2D eigenvalue weighted by atomic mass is 9.90. The van der Waals surface area contributed by atoms with Crippen LogP contribution in [0.2, 0.25) is 0 Å². The summed E-state index contributed by atoms with van der Waals surface area (Å²) in [5.74, 6) is -0.347. The Hall–Kier alpha value is -1.31. The van der Waals surface area contributed by atoms with Gasteiger partial charge in [0.2, 0.25) is 0 Å². The molecule has 1 aromatic rings. The number of hydrogen-bond acceptors (Lipinski definition) is 1. The number of rotatable bonds is 4. The lowest BCUT2D eigenvalue weighted by molar-refractivity contribution is -0.139. The summed E-state index contributed by atoms with van der Waals surface area (Å²) in [4.78, 5) is 11.2. The summed E-state index contributed by atoms with van der Waals surface area (Å²) in [6.45, 7) is 1.98. The molecule has 1 aliphatic carbocycles. The molecule has 2 heteroatoms. The Balaban J connectivity index is 2.22. The van der Waals surface area contributed by atoms with E-state index < -0.39 is 5.97 Å². The van der Waals surface area contributed by atoms with Gasteiger partial charge in [-0.25, -0.2) is 0 Å². The molecule has 1 N–H and O–H groups in total. The van der Waals surface area contributed by atoms with Gasteiger partial charge in [-0.3, -0.25) is 4.79 Å². The lowest BCUT2D eigenvalue weighted by Crippen LogP contribution is -2.13. The van der Waals surface area contributed by atoms with Gasteiger partial charge >= 0.3 is 5.97 Å². The maximum absolute atomic E-state index is 11.2. The molecule has 15 heavy (non-hydrogen) atoms. The van der Waals surface area contributed by atoms with Gasteiger partial charge in [-0.2, -0.15) is 0 Å². The van der Waals surface area contributed by atoms with Crippen molar-refractivity contribution in [2.75, 3.05) is 0 Å². The standard InChI is InChI=1S/C13H16O2/c1-9-4-2-3-5-11(9)12(13(14)15)8-10-6-7-10/h2-5,10,12H,6-8H2,1H3,(H,14,15). The van der Waals surface area contributed by atoms with Crippen LogP contribution in [0, 0.1) is 12.8 Å². The zero-order valence-electron chi connectivity index (χ0n) is 8.94. The van der Waals surface area contributed by atoms with Crippen molar-refractivity contribution in [1.82, 2.24) is 0 Å². The van der Waals surface area contributed by atoms with Crippen LogP contribution >= 0.6 is 0 Å². The summed E-state index contributed by atoms with van der Waals surface area (Å²) in [6, 6.07) is 7.80. The van der Waals surface area contributed by atoms with Crippen molar-refractivity contribution in [2.24, 2.45) is 5.92 Å². The van der Waals surface area contributed by atoms with E-state index in [0.29, 0.717) is 5.92 Å². The third-order valence-electron chi connectivity index (χ3n) is 3.13. The van der Waals surface area contributed by atoms with Crippen molar-refractivity contribution in [1.29, 1.82) is 0 Å². The van der Waals surface area contributed by atoms with E-state index in [1.54, 1.807) is 0 Å². The molecule has 0 aliphatic heterocycles. The van der Waals surface area contributed by atoms with Crippen molar-refractivity contribution >= 4 is 5.97 Å². The third kappa shape index (κ3) is 2.38. The van der Waals surface area contributed by atoms with Crippen molar-refractivity contribution in [3.63, 3.8) is 0 Å². The quantitative estimate of drug-likeness (QED) is 0.818. The van der Waals surface area contributed by atoms with Crippen molar-refractivity contribution in [3.05, 3.63) is 35.4 Å². The van der Waals surface area contributed by atoms with Gasteiger partial charge in [-0.05, 0) is 30.4 Å². The molecule has 0 bridgehead atoms. The van der Waals surface area contributed by atoms with Crippen LogP contribution in [0.1, 0.15) is 36.3 Å². The number of benzene rings is 1. The summed E-state index contributed by atoms with van der Waals surface area (Å²) in [7, 11) is 0. The number of aliphatic carboxylic acids is 1. The Labute approximate surface area is 89.9 Å². The molecule has 2 rings (SSSR count). The maximum Gasteiger partial charge on any atom is 0.310 e. The second-order valence-corrected chi connectivity index (χ2v) is 4.43. The van der Waals surface area contributed by atoms with Gasteiger partial charge < -0.3 is 5.11 Å². The highest BCUT2D eigenvalue weighted by molar-refractivity contribution is 5.76. The molecule has 0 aromatic heterocycles. The number of aryl methyl sites for hydroxylation is 1. The molecule has 0 saturated heterocycles. The molecule has 0 heterocycles. The van der Waals surface area contributed by atoms with Crippen LogP contribution in [-0.2, 0) is 4.79 Å². The molecular weight excluding hydrogens is 188 g/mol. The van der Waals surface area contributed by atoms with E-state index in [2.05, 4.69) is 0 Å². The summed E-state index contributed by atoms with van der Waals surface area (Å²) in [5.41, 5.74) is 2.07. The van der Waals surface area contributed by atoms with E-state index >= 15 is 0 Å². The van der Waals surface area contributed by atoms with Crippen molar-refractivity contribution < 1.29 is 9.90 Å². The van der Waals surface area contributed by atoms with E-state index in [0.717, 1.165) is 17.5 Å². The topological polar surface area (TPSA) is 37.3 Å². The summed E-state index contributed by atoms with van der Waals surface area (Å²) in [6.07, 6.45) is 3.21. The molecule has 0 radical (unpaired) electrons. The number of carbonyl (C=O) groups is 1. The Morgan fingerprint density at radius 1 is 1.47 bits per heavy atom. The van der Waals surface area contributed by atoms with Crippen LogP contribution in [0.3, 0.4) is 0 Å². The van der Waals surface area contributed by atoms with E-state index in [1.165, 1.54) is 12.8 Å². The summed E-state index contributed by atoms with van der Waals surface area (Å²) >= 11 is 0. The molecule has 0 amide bonds. The minimum Gasteiger partial charge on any atom is -0.481 e. The Morgan fingerprint density at radius 3 is 2.67 bits per heavy atom. The molecule has 80 valence electrons. The first kappa shape index (κ1) is 10.2. The highest BCUT2D eigenvalue weighted by atomic mass is 16.4. The monoisotopic (exact) mass is 204 g/mol. The van der Waals surface area contributed by atoms with Crippen molar-refractivity contribution in [3.8, 4) is 0 Å². The molecule has 1 atom stereocenters. The van der Waals surface area contributed by atoms with E-state index in [9.17, 15) is 9.90 Å². The first-order valence-corrected chi connectivity index (χ1v) is 5.47. The van der Waals surface area contributed by atoms with Crippen LogP contribution in [0.5, 0.6) is 0 Å². The van der Waals surface area contributed by atoms with Crippen LogP contribution in [0.15, 0.2) is 24.3 Å². The normalized spacial score (nSPS) is 17.4. The molecule has 1 aliphatic rings. The zero-order valence-corrected chi connectivity index (χ0v) is 8.94. The minimum atomic E-state index is -0.684. The van der Waals surface area contributed by atoms with E-state index in [-0.39, 0.29) is 5.92 Å². The largest absolute Gasteiger partial charge is 0.481 e. The zero-order chi connectivity index (χ0) is 10.8. The van der Waals surface area contributed by atoms with Crippen molar-refractivity contribution in [2.45, 2.75) is 32.1 Å². The number of carboxylic acid groups (broad SMARTS) is 1. The van der Waals surface area contributed by atoms with E-state index in [1.807, 2.05) is 31.2 Å². The summed E-state index contributed by atoms with van der Waals surface area (Å²) < 4.78 is 0. The number of hydrogen-bond donors (Lipinski definition) is 1. The fourth-order valence-electron chi connectivity index (χ4n) is 2.03. The fraction of sp³-hybridized carbons (Fsp3) is 0.462. The molecule has 1 fully saturated rings. The molecule has 1 saturated carbocycles. The maximum atomic E-state index is 11.2. The molecule has 0 spiro atoms. The average molecular weight is 204 g/mol. The minimum absolute atomic E-state index is 0.307. The van der Waals surface area contributed by atoms with Gasteiger partial charge in [-0.15, -0.1) is 0 Å². The second kappa shape index (κ2) is 4.05. The summed E-state index contributed by atoms with van der Waals surface area (Å²) in [5, 5.41) is 9.23. The van der Waals surface area contributed by atoms with Gasteiger partial charge in [0.25, 0.3) is 0 Å². The van der Waals surface area contributed by atoms with Gasteiger partial charge in [0.1, 0.15) is 0 Å². The van der Waals surface area contributed by atoms with Gasteiger partial charge in [0.05, 0.1) is 5.92 Å². The Morgan fingerprint density at radius 2 is 2.13 bits per heavy atom. The third-order valence-corrected chi connectivity index (χ3v) is 3.13. The van der Waals surface area contributed by atoms with Crippen LogP contribution in [-0.4, -0.2) is 11.1 Å².